The molecule has 0 saturated heterocycles. The molecular weight excluding hydrogens is 426 g/mol. The van der Waals surface area contributed by atoms with Gasteiger partial charge in [0.05, 0.1) is 11.2 Å². The Balaban J connectivity index is 1.95. The second-order valence-electron chi connectivity index (χ2n) is 7.47. The highest BCUT2D eigenvalue weighted by Crippen LogP contribution is 2.19. The number of aliphatic hydroxyl groups is 1. The maximum atomic E-state index is 13.3. The number of hydrogen-bond donors (Lipinski definition) is 1. The fraction of sp³-hybridized carbons (Fsp3) is 0.200. The van der Waals surface area contributed by atoms with Gasteiger partial charge in [-0.3, -0.25) is 13.9 Å². The molecule has 0 aliphatic carbocycles. The monoisotopic (exact) mass is 447 g/mol. The van der Waals surface area contributed by atoms with Crippen molar-refractivity contribution < 1.29 is 5.11 Å². The fourth-order valence-electron chi connectivity index (χ4n) is 3.64. The van der Waals surface area contributed by atoms with E-state index in [1.54, 1.807) is 25.2 Å². The molecule has 2 aromatic heterocycles. The molecule has 7 heteroatoms. The predicted molar refractivity (Wildman–Crippen MR) is 126 cm³/mol. The van der Waals surface area contributed by atoms with Crippen molar-refractivity contribution in [3.8, 4) is 11.8 Å². The van der Waals surface area contributed by atoms with E-state index in [9.17, 15) is 14.7 Å². The lowest BCUT2D eigenvalue weighted by Gasteiger charge is -2.11. The first kappa shape index (κ1) is 21.7. The third-order valence-corrected chi connectivity index (χ3v) is 5.56. The zero-order valence-corrected chi connectivity index (χ0v) is 18.3. The van der Waals surface area contributed by atoms with Crippen molar-refractivity contribution >= 4 is 22.6 Å². The molecule has 2 aromatic carbocycles. The lowest BCUT2D eigenvalue weighted by Crippen LogP contribution is -2.39. The van der Waals surface area contributed by atoms with Gasteiger partial charge in [0.2, 0.25) is 0 Å². The minimum atomic E-state index is -0.415. The second-order valence-corrected chi connectivity index (χ2v) is 7.90. The van der Waals surface area contributed by atoms with Crippen LogP contribution in [0.4, 0.5) is 0 Å². The molecule has 0 spiro atoms. The molecule has 0 radical (unpaired) electrons. The van der Waals surface area contributed by atoms with Crippen LogP contribution in [0.5, 0.6) is 0 Å². The molecule has 1 N–H and O–H groups in total. The van der Waals surface area contributed by atoms with Gasteiger partial charge in [0, 0.05) is 37.3 Å². The Bertz CT molecular complexity index is 1440. The van der Waals surface area contributed by atoms with Crippen LogP contribution in [0.2, 0.25) is 5.02 Å². The van der Waals surface area contributed by atoms with Crippen LogP contribution in [0.3, 0.4) is 0 Å². The van der Waals surface area contributed by atoms with E-state index in [4.69, 9.17) is 11.6 Å². The highest BCUT2D eigenvalue weighted by atomic mass is 35.5. The van der Waals surface area contributed by atoms with Gasteiger partial charge in [0.25, 0.3) is 5.56 Å². The Morgan fingerprint density at radius 1 is 0.969 bits per heavy atom. The van der Waals surface area contributed by atoms with E-state index in [0.717, 1.165) is 11.1 Å². The van der Waals surface area contributed by atoms with E-state index in [1.807, 2.05) is 47.0 Å². The van der Waals surface area contributed by atoms with Crippen molar-refractivity contribution in [1.82, 2.24) is 13.7 Å². The summed E-state index contributed by atoms with van der Waals surface area (Å²) < 4.78 is 4.47. The molecule has 0 saturated carbocycles. The standard InChI is InChI=1S/C25H22ClN3O3/c1-27-22-16-21(13-10-18-6-3-2-4-7-18)29(17-19-8-11-20(26)12-9-19)23(22)24(31)28(25(27)32)14-5-15-30/h2-4,6-9,11-12,16,30H,5,14-15,17H2,1H3. The maximum absolute atomic E-state index is 13.3. The molecule has 0 aliphatic rings. The van der Waals surface area contributed by atoms with E-state index in [0.29, 0.717) is 34.7 Å². The first-order valence-corrected chi connectivity index (χ1v) is 10.6. The summed E-state index contributed by atoms with van der Waals surface area (Å²) >= 11 is 6.03. The lowest BCUT2D eigenvalue weighted by molar-refractivity contribution is 0.277. The van der Waals surface area contributed by atoms with Gasteiger partial charge in [-0.05, 0) is 48.2 Å². The number of hydrogen-bond acceptors (Lipinski definition) is 3. The average molecular weight is 448 g/mol. The lowest BCUT2D eigenvalue weighted by atomic mass is 10.2. The van der Waals surface area contributed by atoms with Gasteiger partial charge in [-0.25, -0.2) is 4.79 Å². The van der Waals surface area contributed by atoms with Gasteiger partial charge in [-0.1, -0.05) is 47.9 Å². The van der Waals surface area contributed by atoms with Crippen molar-refractivity contribution in [2.45, 2.75) is 19.5 Å². The summed E-state index contributed by atoms with van der Waals surface area (Å²) in [6, 6.07) is 18.7. The topological polar surface area (TPSA) is 69.2 Å². The van der Waals surface area contributed by atoms with E-state index in [-0.39, 0.29) is 13.2 Å². The van der Waals surface area contributed by atoms with Gasteiger partial charge >= 0.3 is 5.69 Å². The van der Waals surface area contributed by atoms with Gasteiger partial charge in [0.1, 0.15) is 5.52 Å². The van der Waals surface area contributed by atoms with E-state index in [2.05, 4.69) is 11.8 Å². The molecular formula is C25H22ClN3O3. The third-order valence-electron chi connectivity index (χ3n) is 5.31. The summed E-state index contributed by atoms with van der Waals surface area (Å²) in [7, 11) is 1.64. The van der Waals surface area contributed by atoms with Crippen LogP contribution >= 0.6 is 11.6 Å². The van der Waals surface area contributed by atoms with Crippen molar-refractivity contribution in [3.63, 3.8) is 0 Å². The first-order valence-electron chi connectivity index (χ1n) is 10.2. The number of aliphatic hydroxyl groups excluding tert-OH is 1. The second kappa shape index (κ2) is 9.31. The first-order chi connectivity index (χ1) is 15.5. The quantitative estimate of drug-likeness (QED) is 0.478. The summed E-state index contributed by atoms with van der Waals surface area (Å²) in [5.41, 5.74) is 2.55. The van der Waals surface area contributed by atoms with Crippen molar-refractivity contribution in [3.05, 3.63) is 103 Å². The normalized spacial score (nSPS) is 10.8. The molecule has 4 aromatic rings. The maximum Gasteiger partial charge on any atom is 0.331 e. The van der Waals surface area contributed by atoms with Crippen LogP contribution in [0, 0.1) is 11.8 Å². The van der Waals surface area contributed by atoms with Gasteiger partial charge in [0.15, 0.2) is 0 Å². The molecule has 162 valence electrons. The third kappa shape index (κ3) is 4.26. The number of fused-ring (bicyclic) bond motifs is 1. The van der Waals surface area contributed by atoms with Gasteiger partial charge in [-0.2, -0.15) is 0 Å². The van der Waals surface area contributed by atoms with Crippen LogP contribution in [0.1, 0.15) is 23.2 Å². The van der Waals surface area contributed by atoms with E-state index in [1.165, 1.54) is 9.13 Å². The summed E-state index contributed by atoms with van der Waals surface area (Å²) in [6.07, 6.45) is 0.319. The minimum absolute atomic E-state index is 0.104. The van der Waals surface area contributed by atoms with Crippen molar-refractivity contribution in [2.75, 3.05) is 6.61 Å². The number of aryl methyl sites for hydroxylation is 1. The Kier molecular flexibility index (Phi) is 6.31. The van der Waals surface area contributed by atoms with Crippen molar-refractivity contribution in [2.24, 2.45) is 7.05 Å². The van der Waals surface area contributed by atoms with Crippen LogP contribution in [0.25, 0.3) is 11.0 Å². The molecule has 0 bridgehead atoms. The largest absolute Gasteiger partial charge is 0.396 e. The Hall–Kier alpha value is -3.53. The van der Waals surface area contributed by atoms with E-state index < -0.39 is 11.2 Å². The SMILES string of the molecule is Cn1c(=O)n(CCCO)c(=O)c2c1cc(C#Cc1ccccc1)n2Cc1ccc(Cl)cc1. The zero-order valence-electron chi connectivity index (χ0n) is 17.6. The Labute approximate surface area is 189 Å². The number of halogens is 1. The predicted octanol–water partition coefficient (Wildman–Crippen LogP) is 2.99. The molecule has 0 aliphatic heterocycles. The molecule has 0 unspecified atom stereocenters. The number of nitrogens with zero attached hydrogens (tertiary/aromatic N) is 3. The van der Waals surface area contributed by atoms with Crippen molar-refractivity contribution in [1.29, 1.82) is 0 Å². The molecule has 0 amide bonds. The highest BCUT2D eigenvalue weighted by molar-refractivity contribution is 6.30. The Morgan fingerprint density at radius 3 is 2.38 bits per heavy atom. The molecule has 0 atom stereocenters. The molecule has 32 heavy (non-hydrogen) atoms. The minimum Gasteiger partial charge on any atom is -0.396 e. The van der Waals surface area contributed by atoms with Gasteiger partial charge < -0.3 is 9.67 Å². The molecule has 6 nitrogen and oxygen atoms in total. The van der Waals surface area contributed by atoms with Crippen LogP contribution < -0.4 is 11.2 Å². The summed E-state index contributed by atoms with van der Waals surface area (Å²) in [5.74, 6) is 6.31. The van der Waals surface area contributed by atoms with E-state index >= 15 is 0 Å². The zero-order chi connectivity index (χ0) is 22.7. The highest BCUT2D eigenvalue weighted by Gasteiger charge is 2.18. The molecule has 4 rings (SSSR count). The van der Waals surface area contributed by atoms with Crippen LogP contribution in [-0.2, 0) is 20.1 Å². The van der Waals surface area contributed by atoms with Crippen LogP contribution in [0.15, 0.2) is 70.3 Å². The smallest absolute Gasteiger partial charge is 0.331 e. The summed E-state index contributed by atoms with van der Waals surface area (Å²) in [6.45, 7) is 0.440. The summed E-state index contributed by atoms with van der Waals surface area (Å²) in [4.78, 5) is 26.1. The Morgan fingerprint density at radius 2 is 1.69 bits per heavy atom. The number of aromatic nitrogens is 3. The van der Waals surface area contributed by atoms with Gasteiger partial charge in [-0.15, -0.1) is 0 Å². The average Bonchev–Trinajstić information content (AvgIpc) is 3.17. The fourth-order valence-corrected chi connectivity index (χ4v) is 3.76. The number of benzene rings is 2. The number of rotatable bonds is 5. The molecule has 2 heterocycles. The van der Waals surface area contributed by atoms with Crippen LogP contribution in [-0.4, -0.2) is 25.4 Å². The molecule has 0 fully saturated rings. The summed E-state index contributed by atoms with van der Waals surface area (Å²) in [5, 5.41) is 9.82.